The number of nitrogens with zero attached hydrogens (tertiary/aromatic N) is 1. The molecule has 1 fully saturated rings. The Morgan fingerprint density at radius 1 is 1.54 bits per heavy atom. The number of nitrogens with one attached hydrogen (secondary N) is 1. The largest absolute Gasteiger partial charge is 0.358 e. The highest BCUT2D eigenvalue weighted by Crippen LogP contribution is 2.35. The molecule has 2 aliphatic heterocycles. The van der Waals surface area contributed by atoms with E-state index in [0.717, 1.165) is 32.4 Å². The molecule has 72 valence electrons. The predicted molar refractivity (Wildman–Crippen MR) is 51.4 cm³/mol. The third kappa shape index (κ3) is 1.18. The highest BCUT2D eigenvalue weighted by Gasteiger charge is 2.46. The molecule has 0 spiro atoms. The lowest BCUT2D eigenvalue weighted by Gasteiger charge is -2.37. The van der Waals surface area contributed by atoms with Crippen LogP contribution in [0.15, 0.2) is 12.2 Å². The number of hydrogen-bond donors (Lipinski definition) is 1. The van der Waals surface area contributed by atoms with Crippen molar-refractivity contribution < 1.29 is 4.79 Å². The minimum atomic E-state index is -0.205. The molecule has 0 bridgehead atoms. The molecule has 0 aromatic heterocycles. The van der Waals surface area contributed by atoms with E-state index in [1.54, 1.807) is 7.05 Å². The zero-order chi connectivity index (χ0) is 9.31. The van der Waals surface area contributed by atoms with E-state index >= 15 is 0 Å². The van der Waals surface area contributed by atoms with E-state index < -0.39 is 0 Å². The fourth-order valence-electron chi connectivity index (χ4n) is 2.49. The van der Waals surface area contributed by atoms with Crippen LogP contribution < -0.4 is 5.32 Å². The number of amides is 1. The van der Waals surface area contributed by atoms with E-state index in [1.807, 2.05) is 0 Å². The van der Waals surface area contributed by atoms with Gasteiger partial charge in [-0.2, -0.15) is 0 Å². The molecule has 3 heteroatoms. The molecule has 1 N–H and O–H groups in total. The molecule has 0 aromatic carbocycles. The fourth-order valence-corrected chi connectivity index (χ4v) is 2.49. The zero-order valence-corrected chi connectivity index (χ0v) is 8.05. The van der Waals surface area contributed by atoms with Gasteiger partial charge in [-0.1, -0.05) is 12.2 Å². The van der Waals surface area contributed by atoms with Crippen LogP contribution >= 0.6 is 0 Å². The lowest BCUT2D eigenvalue weighted by Crippen LogP contribution is -2.55. The van der Waals surface area contributed by atoms with Gasteiger partial charge in [0.05, 0.1) is 0 Å². The Morgan fingerprint density at radius 3 is 3.15 bits per heavy atom. The van der Waals surface area contributed by atoms with Crippen molar-refractivity contribution in [2.45, 2.75) is 24.8 Å². The summed E-state index contributed by atoms with van der Waals surface area (Å²) in [6.45, 7) is 2.01. The van der Waals surface area contributed by atoms with E-state index in [0.29, 0.717) is 0 Å². The van der Waals surface area contributed by atoms with Crippen LogP contribution in [0.2, 0.25) is 0 Å². The highest BCUT2D eigenvalue weighted by molar-refractivity contribution is 5.86. The number of fused-ring (bicyclic) bond motifs is 1. The SMILES string of the molecule is CNC(=O)C12CC=CCN1CCC2. The molecule has 1 saturated heterocycles. The van der Waals surface area contributed by atoms with Crippen LogP contribution in [-0.4, -0.2) is 36.5 Å². The highest BCUT2D eigenvalue weighted by atomic mass is 16.2. The van der Waals surface area contributed by atoms with Gasteiger partial charge in [-0.05, 0) is 25.8 Å². The zero-order valence-electron chi connectivity index (χ0n) is 8.05. The number of carbonyl (C=O) groups excluding carboxylic acids is 1. The van der Waals surface area contributed by atoms with Gasteiger partial charge in [0, 0.05) is 13.6 Å². The molecule has 2 heterocycles. The summed E-state index contributed by atoms with van der Waals surface area (Å²) in [4.78, 5) is 14.1. The third-order valence-electron chi connectivity index (χ3n) is 3.22. The first kappa shape index (κ1) is 8.75. The molecule has 13 heavy (non-hydrogen) atoms. The standard InChI is InChI=1S/C10H16N2O/c1-11-9(13)10-5-2-3-7-12(10)8-4-6-10/h2-3H,4-8H2,1H3,(H,11,13). The molecule has 0 saturated carbocycles. The fraction of sp³-hybridized carbons (Fsp3) is 0.700. The molecule has 0 aromatic rings. The number of rotatable bonds is 1. The van der Waals surface area contributed by atoms with Gasteiger partial charge in [-0.15, -0.1) is 0 Å². The third-order valence-corrected chi connectivity index (χ3v) is 3.22. The van der Waals surface area contributed by atoms with Crippen molar-refractivity contribution in [3.8, 4) is 0 Å². The number of hydrogen-bond acceptors (Lipinski definition) is 2. The Kier molecular flexibility index (Phi) is 2.12. The molecule has 2 rings (SSSR count). The van der Waals surface area contributed by atoms with Crippen molar-refractivity contribution >= 4 is 5.91 Å². The van der Waals surface area contributed by atoms with Gasteiger partial charge in [0.25, 0.3) is 0 Å². The Labute approximate surface area is 78.8 Å². The lowest BCUT2D eigenvalue weighted by molar-refractivity contribution is -0.131. The first-order valence-corrected chi connectivity index (χ1v) is 4.92. The van der Waals surface area contributed by atoms with E-state index in [9.17, 15) is 4.79 Å². The lowest BCUT2D eigenvalue weighted by atomic mass is 9.88. The van der Waals surface area contributed by atoms with Crippen molar-refractivity contribution in [2.24, 2.45) is 0 Å². The van der Waals surface area contributed by atoms with Crippen LogP contribution in [-0.2, 0) is 4.79 Å². The quantitative estimate of drug-likeness (QED) is 0.597. The molecule has 0 aliphatic carbocycles. The summed E-state index contributed by atoms with van der Waals surface area (Å²) >= 11 is 0. The van der Waals surface area contributed by atoms with E-state index in [-0.39, 0.29) is 11.4 Å². The second kappa shape index (κ2) is 3.14. The summed E-state index contributed by atoms with van der Waals surface area (Å²) in [5.74, 6) is 0.189. The molecule has 1 unspecified atom stereocenters. The minimum Gasteiger partial charge on any atom is -0.358 e. The van der Waals surface area contributed by atoms with Crippen LogP contribution in [0, 0.1) is 0 Å². The topological polar surface area (TPSA) is 32.3 Å². The van der Waals surface area contributed by atoms with E-state index in [1.165, 1.54) is 0 Å². The van der Waals surface area contributed by atoms with Gasteiger partial charge in [-0.3, -0.25) is 9.69 Å². The smallest absolute Gasteiger partial charge is 0.240 e. The maximum Gasteiger partial charge on any atom is 0.240 e. The van der Waals surface area contributed by atoms with Gasteiger partial charge in [0.1, 0.15) is 5.54 Å². The van der Waals surface area contributed by atoms with E-state index in [4.69, 9.17) is 0 Å². The van der Waals surface area contributed by atoms with Crippen molar-refractivity contribution in [1.82, 2.24) is 10.2 Å². The summed E-state index contributed by atoms with van der Waals surface area (Å²) in [6, 6.07) is 0. The van der Waals surface area contributed by atoms with E-state index in [2.05, 4.69) is 22.4 Å². The van der Waals surface area contributed by atoms with Gasteiger partial charge in [0.2, 0.25) is 5.91 Å². The normalized spacial score (nSPS) is 33.0. The van der Waals surface area contributed by atoms with Crippen molar-refractivity contribution in [1.29, 1.82) is 0 Å². The van der Waals surface area contributed by atoms with Gasteiger partial charge < -0.3 is 5.32 Å². The molecule has 1 amide bonds. The van der Waals surface area contributed by atoms with Crippen LogP contribution in [0.3, 0.4) is 0 Å². The van der Waals surface area contributed by atoms with Gasteiger partial charge in [-0.25, -0.2) is 0 Å². The monoisotopic (exact) mass is 180 g/mol. The second-order valence-electron chi connectivity index (χ2n) is 3.84. The number of likely N-dealkylation sites (N-methyl/N-ethyl adjacent to an activating group) is 1. The summed E-state index contributed by atoms with van der Waals surface area (Å²) in [6.07, 6.45) is 7.34. The summed E-state index contributed by atoms with van der Waals surface area (Å²) in [5.41, 5.74) is -0.205. The predicted octanol–water partition coefficient (Wildman–Crippen LogP) is 0.527. The average molecular weight is 180 g/mol. The van der Waals surface area contributed by atoms with Crippen molar-refractivity contribution in [3.63, 3.8) is 0 Å². The Hall–Kier alpha value is -0.830. The molecule has 0 radical (unpaired) electrons. The number of carbonyl (C=O) groups is 1. The molecular weight excluding hydrogens is 164 g/mol. The van der Waals surface area contributed by atoms with Crippen LogP contribution in [0.4, 0.5) is 0 Å². The first-order valence-electron chi connectivity index (χ1n) is 4.92. The summed E-state index contributed by atoms with van der Waals surface area (Å²) in [7, 11) is 1.73. The molecule has 1 atom stereocenters. The molecular formula is C10H16N2O. The summed E-state index contributed by atoms with van der Waals surface area (Å²) < 4.78 is 0. The van der Waals surface area contributed by atoms with Gasteiger partial charge in [0.15, 0.2) is 0 Å². The first-order chi connectivity index (χ1) is 6.29. The Morgan fingerprint density at radius 2 is 2.38 bits per heavy atom. The molecule has 3 nitrogen and oxygen atoms in total. The average Bonchev–Trinajstić information content (AvgIpc) is 2.61. The Bertz CT molecular complexity index is 249. The van der Waals surface area contributed by atoms with Crippen LogP contribution in [0.5, 0.6) is 0 Å². The second-order valence-corrected chi connectivity index (χ2v) is 3.84. The molecule has 2 aliphatic rings. The van der Waals surface area contributed by atoms with Crippen LogP contribution in [0.25, 0.3) is 0 Å². The van der Waals surface area contributed by atoms with Gasteiger partial charge >= 0.3 is 0 Å². The van der Waals surface area contributed by atoms with Crippen molar-refractivity contribution in [3.05, 3.63) is 12.2 Å². The Balaban J connectivity index is 2.26. The minimum absolute atomic E-state index is 0.189. The van der Waals surface area contributed by atoms with Crippen LogP contribution in [0.1, 0.15) is 19.3 Å². The maximum absolute atomic E-state index is 11.8. The van der Waals surface area contributed by atoms with Crippen molar-refractivity contribution in [2.75, 3.05) is 20.1 Å². The maximum atomic E-state index is 11.8. The summed E-state index contributed by atoms with van der Waals surface area (Å²) in [5, 5.41) is 2.78.